The van der Waals surface area contributed by atoms with Gasteiger partial charge in [0.15, 0.2) is 0 Å². The van der Waals surface area contributed by atoms with E-state index in [1.807, 2.05) is 32.6 Å². The number of allylic oxidation sites excluding steroid dienone is 2. The van der Waals surface area contributed by atoms with Crippen molar-refractivity contribution in [1.82, 2.24) is 4.90 Å². The predicted octanol–water partition coefficient (Wildman–Crippen LogP) is 2.37. The molecule has 0 unspecified atom stereocenters. The maximum atomic E-state index is 11.6. The highest BCUT2D eigenvalue weighted by Gasteiger charge is 2.16. The Labute approximate surface area is 80.9 Å². The Bertz CT molecular complexity index is 196. The summed E-state index contributed by atoms with van der Waals surface area (Å²) < 4.78 is 0. The zero-order valence-corrected chi connectivity index (χ0v) is 8.95. The molecule has 0 aliphatic heterocycles. The van der Waals surface area contributed by atoms with E-state index in [0.717, 1.165) is 0 Å². The van der Waals surface area contributed by atoms with Gasteiger partial charge < -0.3 is 4.90 Å². The lowest BCUT2D eigenvalue weighted by Gasteiger charge is -2.29. The third-order valence-electron chi connectivity index (χ3n) is 1.74. The molecular weight excluding hydrogens is 162 g/mol. The third-order valence-corrected chi connectivity index (χ3v) is 1.74. The highest BCUT2D eigenvalue weighted by atomic mass is 16.2. The summed E-state index contributed by atoms with van der Waals surface area (Å²) in [5.41, 5.74) is 0. The number of hydrogen-bond acceptors (Lipinski definition) is 1. The zero-order chi connectivity index (χ0) is 10.4. The molecule has 0 bridgehead atoms. The molecule has 0 aliphatic carbocycles. The first kappa shape index (κ1) is 11.9. The molecular formula is C11H19NO. The first-order valence-corrected chi connectivity index (χ1v) is 4.62. The number of amides is 1. The van der Waals surface area contributed by atoms with Crippen LogP contribution in [0.15, 0.2) is 24.8 Å². The van der Waals surface area contributed by atoms with Crippen LogP contribution in [-0.2, 0) is 4.79 Å². The average Bonchev–Trinajstić information content (AvgIpc) is 1.99. The van der Waals surface area contributed by atoms with Gasteiger partial charge in [0, 0.05) is 18.2 Å². The molecule has 0 saturated heterocycles. The van der Waals surface area contributed by atoms with Gasteiger partial charge in [0.25, 0.3) is 0 Å². The van der Waals surface area contributed by atoms with Gasteiger partial charge in [-0.15, -0.1) is 0 Å². The van der Waals surface area contributed by atoms with Crippen LogP contribution >= 0.6 is 0 Å². The number of rotatable bonds is 4. The van der Waals surface area contributed by atoms with Crippen molar-refractivity contribution < 1.29 is 4.79 Å². The van der Waals surface area contributed by atoms with Crippen molar-refractivity contribution in [3.8, 4) is 0 Å². The fourth-order valence-corrected chi connectivity index (χ4v) is 1.34. The van der Waals surface area contributed by atoms with Gasteiger partial charge in [-0.1, -0.05) is 18.7 Å². The van der Waals surface area contributed by atoms with Gasteiger partial charge >= 0.3 is 0 Å². The highest BCUT2D eigenvalue weighted by Crippen LogP contribution is 2.05. The van der Waals surface area contributed by atoms with Crippen LogP contribution in [0, 0.1) is 0 Å². The van der Waals surface area contributed by atoms with Crippen molar-refractivity contribution >= 4 is 5.91 Å². The minimum atomic E-state index is 0.0462. The van der Waals surface area contributed by atoms with E-state index in [2.05, 4.69) is 6.58 Å². The summed E-state index contributed by atoms with van der Waals surface area (Å²) in [7, 11) is 0. The van der Waals surface area contributed by atoms with Gasteiger partial charge in [0.2, 0.25) is 5.91 Å². The zero-order valence-electron chi connectivity index (χ0n) is 8.95. The van der Waals surface area contributed by atoms with Crippen LogP contribution in [0.2, 0.25) is 0 Å². The van der Waals surface area contributed by atoms with Crippen LogP contribution in [0.3, 0.4) is 0 Å². The van der Waals surface area contributed by atoms with Crippen LogP contribution in [0.4, 0.5) is 0 Å². The fourth-order valence-electron chi connectivity index (χ4n) is 1.34. The smallest absolute Gasteiger partial charge is 0.247 e. The van der Waals surface area contributed by atoms with E-state index in [-0.39, 0.29) is 18.0 Å². The molecule has 0 saturated carbocycles. The van der Waals surface area contributed by atoms with E-state index in [1.165, 1.54) is 0 Å². The second-order valence-electron chi connectivity index (χ2n) is 3.53. The Balaban J connectivity index is 4.46. The monoisotopic (exact) mass is 181 g/mol. The van der Waals surface area contributed by atoms with E-state index in [0.29, 0.717) is 0 Å². The van der Waals surface area contributed by atoms with Crippen molar-refractivity contribution in [2.75, 3.05) is 0 Å². The second-order valence-corrected chi connectivity index (χ2v) is 3.53. The molecule has 0 rings (SSSR count). The van der Waals surface area contributed by atoms with E-state index >= 15 is 0 Å². The Morgan fingerprint density at radius 1 is 1.23 bits per heavy atom. The van der Waals surface area contributed by atoms with Crippen molar-refractivity contribution in [3.63, 3.8) is 0 Å². The molecule has 0 heterocycles. The summed E-state index contributed by atoms with van der Waals surface area (Å²) in [6.45, 7) is 11.6. The van der Waals surface area contributed by atoms with Gasteiger partial charge in [-0.25, -0.2) is 0 Å². The van der Waals surface area contributed by atoms with Gasteiger partial charge in [-0.3, -0.25) is 4.79 Å². The van der Waals surface area contributed by atoms with Crippen molar-refractivity contribution in [2.45, 2.75) is 39.8 Å². The lowest BCUT2D eigenvalue weighted by Crippen LogP contribution is -2.41. The predicted molar refractivity (Wildman–Crippen MR) is 56.5 cm³/mol. The third kappa shape index (κ3) is 3.92. The molecule has 0 fully saturated rings. The Morgan fingerprint density at radius 3 is 2.00 bits per heavy atom. The Morgan fingerprint density at radius 2 is 1.69 bits per heavy atom. The first-order valence-electron chi connectivity index (χ1n) is 4.62. The Hall–Kier alpha value is -1.05. The van der Waals surface area contributed by atoms with Crippen LogP contribution in [0.1, 0.15) is 27.7 Å². The molecule has 1 amide bonds. The summed E-state index contributed by atoms with van der Waals surface area (Å²) in [6, 6.07) is 0.476. The molecule has 0 radical (unpaired) electrons. The van der Waals surface area contributed by atoms with Crippen LogP contribution < -0.4 is 0 Å². The van der Waals surface area contributed by atoms with Gasteiger partial charge in [0.1, 0.15) is 0 Å². The molecule has 0 spiro atoms. The Kier molecular flexibility index (Phi) is 5.12. The summed E-state index contributed by atoms with van der Waals surface area (Å²) in [6.07, 6.45) is 4.82. The molecule has 74 valence electrons. The van der Waals surface area contributed by atoms with E-state index in [9.17, 15) is 4.79 Å². The minimum absolute atomic E-state index is 0.0462. The van der Waals surface area contributed by atoms with Crippen molar-refractivity contribution in [3.05, 3.63) is 24.8 Å². The van der Waals surface area contributed by atoms with E-state index in [4.69, 9.17) is 0 Å². The number of nitrogens with zero attached hydrogens (tertiary/aromatic N) is 1. The van der Waals surface area contributed by atoms with E-state index in [1.54, 1.807) is 18.2 Å². The summed E-state index contributed by atoms with van der Waals surface area (Å²) in [5, 5.41) is 0. The molecule has 2 heteroatoms. The fraction of sp³-hybridized carbons (Fsp3) is 0.545. The van der Waals surface area contributed by atoms with Crippen molar-refractivity contribution in [1.29, 1.82) is 0 Å². The van der Waals surface area contributed by atoms with Gasteiger partial charge in [0.05, 0.1) is 0 Å². The quantitative estimate of drug-likeness (QED) is 0.481. The highest BCUT2D eigenvalue weighted by molar-refractivity contribution is 5.88. The maximum absolute atomic E-state index is 11.6. The van der Waals surface area contributed by atoms with Crippen LogP contribution in [0.5, 0.6) is 0 Å². The van der Waals surface area contributed by atoms with E-state index < -0.39 is 0 Å². The normalized spacial score (nSPS) is 11.2. The molecule has 0 atom stereocenters. The van der Waals surface area contributed by atoms with Crippen LogP contribution in [0.25, 0.3) is 0 Å². The lowest BCUT2D eigenvalue weighted by atomic mass is 10.2. The topological polar surface area (TPSA) is 20.3 Å². The summed E-state index contributed by atoms with van der Waals surface area (Å²) in [5.74, 6) is 0.0462. The first-order chi connectivity index (χ1) is 6.00. The largest absolute Gasteiger partial charge is 0.334 e. The van der Waals surface area contributed by atoms with Crippen molar-refractivity contribution in [2.24, 2.45) is 0 Å². The summed E-state index contributed by atoms with van der Waals surface area (Å²) in [4.78, 5) is 13.4. The number of hydrogen-bond donors (Lipinski definition) is 0. The molecule has 2 nitrogen and oxygen atoms in total. The molecule has 13 heavy (non-hydrogen) atoms. The molecule has 0 aromatic heterocycles. The van der Waals surface area contributed by atoms with Gasteiger partial charge in [-0.2, -0.15) is 0 Å². The molecule has 0 aliphatic rings. The van der Waals surface area contributed by atoms with Crippen LogP contribution in [-0.4, -0.2) is 22.9 Å². The molecule has 0 aromatic carbocycles. The molecule has 0 aromatic rings. The lowest BCUT2D eigenvalue weighted by molar-refractivity contribution is -0.129. The average molecular weight is 181 g/mol. The number of carbonyl (C=O) groups is 1. The summed E-state index contributed by atoms with van der Waals surface area (Å²) >= 11 is 0. The number of carbonyl (C=O) groups excluding carboxylic acids is 1. The standard InChI is InChI=1S/C11H19NO/c1-6-7-8-11(13)12(9(2)3)10(4)5/h6-10H,1H2,2-5H3. The van der Waals surface area contributed by atoms with Gasteiger partial charge in [-0.05, 0) is 27.7 Å². The second kappa shape index (κ2) is 5.57. The minimum Gasteiger partial charge on any atom is -0.334 e. The maximum Gasteiger partial charge on any atom is 0.247 e. The SMILES string of the molecule is C=CC=CC(=O)N(C(C)C)C(C)C. The molecule has 0 N–H and O–H groups in total.